The summed E-state index contributed by atoms with van der Waals surface area (Å²) in [5.74, 6) is 0.694. The lowest BCUT2D eigenvalue weighted by Crippen LogP contribution is -2.32. The Kier molecular flexibility index (Phi) is 3.62. The molecule has 0 aliphatic carbocycles. The van der Waals surface area contributed by atoms with Crippen molar-refractivity contribution >= 4 is 17.0 Å². The van der Waals surface area contributed by atoms with E-state index in [-0.39, 0.29) is 0 Å². The molecule has 3 rings (SSSR count). The van der Waals surface area contributed by atoms with E-state index in [1.165, 1.54) is 22.5 Å². The van der Waals surface area contributed by atoms with Gasteiger partial charge in [0.05, 0.1) is 0 Å². The maximum absolute atomic E-state index is 3.56. The predicted octanol–water partition coefficient (Wildman–Crippen LogP) is 3.12. The highest BCUT2D eigenvalue weighted by atomic mass is 32.1. The zero-order chi connectivity index (χ0) is 12.2. The van der Waals surface area contributed by atoms with E-state index >= 15 is 0 Å². The third kappa shape index (κ3) is 2.74. The fourth-order valence-electron chi connectivity index (χ4n) is 2.47. The maximum atomic E-state index is 3.56. The second-order valence-electron chi connectivity index (χ2n) is 4.82. The Hall–Kier alpha value is -1.32. The van der Waals surface area contributed by atoms with Gasteiger partial charge in [0.25, 0.3) is 0 Å². The highest BCUT2D eigenvalue weighted by Crippen LogP contribution is 2.23. The molecule has 3 heteroatoms. The van der Waals surface area contributed by atoms with E-state index in [1.807, 2.05) is 11.3 Å². The van der Waals surface area contributed by atoms with Gasteiger partial charge in [0, 0.05) is 30.2 Å². The highest BCUT2D eigenvalue weighted by Gasteiger charge is 2.16. The average molecular weight is 258 g/mol. The summed E-state index contributed by atoms with van der Waals surface area (Å²) in [5, 5.41) is 9.21. The van der Waals surface area contributed by atoms with Crippen LogP contribution in [0.1, 0.15) is 10.4 Å². The van der Waals surface area contributed by atoms with Gasteiger partial charge in [0.15, 0.2) is 0 Å². The zero-order valence-corrected chi connectivity index (χ0v) is 11.2. The Morgan fingerprint density at radius 2 is 2.17 bits per heavy atom. The molecule has 0 radical (unpaired) electrons. The molecule has 94 valence electrons. The van der Waals surface area contributed by atoms with Crippen LogP contribution < -0.4 is 10.6 Å². The summed E-state index contributed by atoms with van der Waals surface area (Å²) in [4.78, 5) is 1.42. The molecule has 2 heterocycles. The molecule has 0 fully saturated rings. The first kappa shape index (κ1) is 11.8. The van der Waals surface area contributed by atoms with Gasteiger partial charge in [-0.3, -0.25) is 0 Å². The van der Waals surface area contributed by atoms with E-state index in [0.29, 0.717) is 5.92 Å². The lowest BCUT2D eigenvalue weighted by Gasteiger charge is -2.26. The molecule has 1 aromatic heterocycles. The number of nitrogens with one attached hydrogen (secondary N) is 2. The summed E-state index contributed by atoms with van der Waals surface area (Å²) in [6.07, 6.45) is 1.18. The summed E-state index contributed by atoms with van der Waals surface area (Å²) < 4.78 is 0. The van der Waals surface area contributed by atoms with E-state index in [1.54, 1.807) is 0 Å². The Labute approximate surface area is 112 Å². The van der Waals surface area contributed by atoms with Crippen LogP contribution in [-0.4, -0.2) is 13.1 Å². The molecule has 1 aliphatic rings. The van der Waals surface area contributed by atoms with Crippen LogP contribution in [0.15, 0.2) is 41.8 Å². The Balaban J connectivity index is 1.51. The highest BCUT2D eigenvalue weighted by molar-refractivity contribution is 7.09. The van der Waals surface area contributed by atoms with Crippen LogP contribution in [0, 0.1) is 5.92 Å². The number of fused-ring (bicyclic) bond motifs is 1. The van der Waals surface area contributed by atoms with Crippen molar-refractivity contribution in [1.82, 2.24) is 5.32 Å². The second-order valence-corrected chi connectivity index (χ2v) is 5.85. The number of hydrogen-bond donors (Lipinski definition) is 2. The molecular formula is C15H18N2S. The minimum atomic E-state index is 0.694. The summed E-state index contributed by atoms with van der Waals surface area (Å²) in [7, 11) is 0. The summed E-state index contributed by atoms with van der Waals surface area (Å²) >= 11 is 1.82. The molecule has 1 unspecified atom stereocenters. The molecule has 2 aromatic rings. The van der Waals surface area contributed by atoms with Gasteiger partial charge in [0.2, 0.25) is 0 Å². The topological polar surface area (TPSA) is 24.1 Å². The SMILES string of the molecule is c1csc(CNCC2CNc3ccccc3C2)c1. The van der Waals surface area contributed by atoms with Gasteiger partial charge in [-0.05, 0) is 35.4 Å². The standard InChI is InChI=1S/C15H18N2S/c1-2-6-15-13(4-1)8-12(10-17-15)9-16-11-14-5-3-7-18-14/h1-7,12,16-17H,8-11H2. The first-order chi connectivity index (χ1) is 8.92. The molecule has 0 saturated carbocycles. The number of hydrogen-bond acceptors (Lipinski definition) is 3. The lowest BCUT2D eigenvalue weighted by molar-refractivity contribution is 0.485. The molecule has 2 N–H and O–H groups in total. The molecule has 0 amide bonds. The van der Waals surface area contributed by atoms with Gasteiger partial charge in [-0.1, -0.05) is 24.3 Å². The van der Waals surface area contributed by atoms with Crippen LogP contribution in [0.25, 0.3) is 0 Å². The first-order valence-electron chi connectivity index (χ1n) is 6.47. The molecule has 0 saturated heterocycles. The van der Waals surface area contributed by atoms with Gasteiger partial charge in [-0.2, -0.15) is 0 Å². The summed E-state index contributed by atoms with van der Waals surface area (Å²) in [6.45, 7) is 3.16. The van der Waals surface area contributed by atoms with Crippen molar-refractivity contribution in [3.63, 3.8) is 0 Å². The van der Waals surface area contributed by atoms with Gasteiger partial charge < -0.3 is 10.6 Å². The molecule has 18 heavy (non-hydrogen) atoms. The normalized spacial score (nSPS) is 18.1. The van der Waals surface area contributed by atoms with E-state index in [2.05, 4.69) is 52.4 Å². The minimum Gasteiger partial charge on any atom is -0.384 e. The van der Waals surface area contributed by atoms with E-state index in [0.717, 1.165) is 19.6 Å². The first-order valence-corrected chi connectivity index (χ1v) is 7.34. The number of benzene rings is 1. The largest absolute Gasteiger partial charge is 0.384 e. The van der Waals surface area contributed by atoms with Crippen LogP contribution in [0.4, 0.5) is 5.69 Å². The Bertz CT molecular complexity index is 493. The zero-order valence-electron chi connectivity index (χ0n) is 10.4. The lowest BCUT2D eigenvalue weighted by atomic mass is 9.94. The molecule has 1 aromatic carbocycles. The number of para-hydroxylation sites is 1. The Morgan fingerprint density at radius 1 is 1.22 bits per heavy atom. The van der Waals surface area contributed by atoms with Crippen LogP contribution in [-0.2, 0) is 13.0 Å². The van der Waals surface area contributed by atoms with Crippen molar-refractivity contribution in [3.05, 3.63) is 52.2 Å². The van der Waals surface area contributed by atoms with Crippen molar-refractivity contribution in [2.24, 2.45) is 5.92 Å². The molecule has 0 spiro atoms. The molecule has 1 aliphatic heterocycles. The third-order valence-electron chi connectivity index (χ3n) is 3.42. The Morgan fingerprint density at radius 3 is 3.06 bits per heavy atom. The van der Waals surface area contributed by atoms with Crippen LogP contribution in [0.5, 0.6) is 0 Å². The maximum Gasteiger partial charge on any atom is 0.0372 e. The smallest absolute Gasteiger partial charge is 0.0372 e. The monoisotopic (exact) mass is 258 g/mol. The number of anilines is 1. The third-order valence-corrected chi connectivity index (χ3v) is 4.30. The van der Waals surface area contributed by atoms with Crippen molar-refractivity contribution < 1.29 is 0 Å². The van der Waals surface area contributed by atoms with E-state index in [9.17, 15) is 0 Å². The fourth-order valence-corrected chi connectivity index (χ4v) is 3.14. The van der Waals surface area contributed by atoms with Gasteiger partial charge in [0.1, 0.15) is 0 Å². The van der Waals surface area contributed by atoms with Crippen molar-refractivity contribution in [1.29, 1.82) is 0 Å². The summed E-state index contributed by atoms with van der Waals surface area (Å²) in [5.41, 5.74) is 2.76. The van der Waals surface area contributed by atoms with Crippen LogP contribution in [0.3, 0.4) is 0 Å². The van der Waals surface area contributed by atoms with Gasteiger partial charge >= 0.3 is 0 Å². The average Bonchev–Trinajstić information content (AvgIpc) is 2.92. The van der Waals surface area contributed by atoms with Crippen molar-refractivity contribution in [2.75, 3.05) is 18.4 Å². The minimum absolute atomic E-state index is 0.694. The predicted molar refractivity (Wildman–Crippen MR) is 78.2 cm³/mol. The second kappa shape index (κ2) is 5.55. The van der Waals surface area contributed by atoms with E-state index in [4.69, 9.17) is 0 Å². The van der Waals surface area contributed by atoms with Crippen molar-refractivity contribution in [3.8, 4) is 0 Å². The molecule has 0 bridgehead atoms. The van der Waals surface area contributed by atoms with E-state index < -0.39 is 0 Å². The quantitative estimate of drug-likeness (QED) is 0.880. The van der Waals surface area contributed by atoms with Gasteiger partial charge in [-0.25, -0.2) is 0 Å². The number of thiophene rings is 1. The molecule has 1 atom stereocenters. The van der Waals surface area contributed by atoms with Crippen LogP contribution >= 0.6 is 11.3 Å². The summed E-state index contributed by atoms with van der Waals surface area (Å²) in [6, 6.07) is 12.9. The van der Waals surface area contributed by atoms with Crippen molar-refractivity contribution in [2.45, 2.75) is 13.0 Å². The van der Waals surface area contributed by atoms with Crippen LogP contribution in [0.2, 0.25) is 0 Å². The molecule has 2 nitrogen and oxygen atoms in total. The van der Waals surface area contributed by atoms with Gasteiger partial charge in [-0.15, -0.1) is 11.3 Å². The number of rotatable bonds is 4. The fraction of sp³-hybridized carbons (Fsp3) is 0.333. The molecular weight excluding hydrogens is 240 g/mol.